The van der Waals surface area contributed by atoms with Crippen molar-refractivity contribution in [2.24, 2.45) is 7.05 Å². The first-order valence-electron chi connectivity index (χ1n) is 13.1. The van der Waals surface area contributed by atoms with Crippen LogP contribution in [0.5, 0.6) is 5.88 Å². The van der Waals surface area contributed by atoms with E-state index < -0.39 is 10.1 Å². The zero-order valence-corrected chi connectivity index (χ0v) is 24.3. The van der Waals surface area contributed by atoms with Crippen LogP contribution in [0.15, 0.2) is 27.9 Å². The number of hydrogen-bond donors (Lipinski definition) is 0. The van der Waals surface area contributed by atoms with E-state index in [-0.39, 0.29) is 50.8 Å². The fourth-order valence-electron chi connectivity index (χ4n) is 4.82. The molecular weight excluding hydrogens is 504 g/mol. The number of ether oxygens (including phenoxy) is 1. The van der Waals surface area contributed by atoms with E-state index in [1.54, 1.807) is 20.0 Å². The molecule has 0 N–H and O–H groups in total. The van der Waals surface area contributed by atoms with Crippen LogP contribution in [0.4, 0.5) is 5.82 Å². The van der Waals surface area contributed by atoms with Crippen molar-refractivity contribution in [3.8, 4) is 5.88 Å². The summed E-state index contributed by atoms with van der Waals surface area (Å²) in [5, 5.41) is 0.264. The van der Waals surface area contributed by atoms with E-state index in [0.29, 0.717) is 43.2 Å². The molecule has 1 aromatic carbocycles. The van der Waals surface area contributed by atoms with Crippen molar-refractivity contribution >= 4 is 26.8 Å². The van der Waals surface area contributed by atoms with Crippen LogP contribution < -0.4 is 14.6 Å². The Balaban J connectivity index is 1.93. The quantitative estimate of drug-likeness (QED) is 0.399. The standard InChI is InChI=1S/C28H38N4O5S/c1-16(2)20-13-21(17(3)4)26(22(14-20)18(5)6)38(34,35)37-27-23-15-24(32-9-11-36-12-10-32)31(8)28(33)25(23)29-19(7)30-27/h13-18H,9-12H2,1-8H3. The van der Waals surface area contributed by atoms with Gasteiger partial charge in [-0.25, -0.2) is 4.98 Å². The smallest absolute Gasteiger partial charge is 0.341 e. The number of hydrogen-bond acceptors (Lipinski definition) is 8. The molecule has 1 saturated heterocycles. The number of fused-ring (bicyclic) bond motifs is 1. The minimum atomic E-state index is -4.31. The molecule has 38 heavy (non-hydrogen) atoms. The van der Waals surface area contributed by atoms with Crippen molar-refractivity contribution in [1.82, 2.24) is 14.5 Å². The molecule has 0 radical (unpaired) electrons. The Morgan fingerprint density at radius 2 is 1.50 bits per heavy atom. The highest BCUT2D eigenvalue weighted by Crippen LogP contribution is 2.37. The summed E-state index contributed by atoms with van der Waals surface area (Å²) in [6.45, 7) is 16.0. The number of pyridine rings is 1. The summed E-state index contributed by atoms with van der Waals surface area (Å²) in [5.41, 5.74) is 2.27. The normalized spacial score (nSPS) is 14.8. The predicted octanol–water partition coefficient (Wildman–Crippen LogP) is 4.61. The van der Waals surface area contributed by atoms with Gasteiger partial charge in [-0.15, -0.1) is 0 Å². The van der Waals surface area contributed by atoms with Gasteiger partial charge in [-0.1, -0.05) is 53.7 Å². The molecule has 206 valence electrons. The lowest BCUT2D eigenvalue weighted by molar-refractivity contribution is 0.122. The van der Waals surface area contributed by atoms with Gasteiger partial charge in [0.15, 0.2) is 0 Å². The van der Waals surface area contributed by atoms with Gasteiger partial charge in [-0.3, -0.25) is 9.36 Å². The fraction of sp³-hybridized carbons (Fsp3) is 0.536. The lowest BCUT2D eigenvalue weighted by Gasteiger charge is -2.30. The van der Waals surface area contributed by atoms with E-state index in [4.69, 9.17) is 8.92 Å². The van der Waals surface area contributed by atoms with Crippen molar-refractivity contribution < 1.29 is 17.3 Å². The third-order valence-corrected chi connectivity index (χ3v) is 8.35. The van der Waals surface area contributed by atoms with E-state index in [0.717, 1.165) is 5.56 Å². The highest BCUT2D eigenvalue weighted by Gasteiger charge is 2.30. The molecule has 9 nitrogen and oxygen atoms in total. The molecule has 0 unspecified atom stereocenters. The Morgan fingerprint density at radius 3 is 2.03 bits per heavy atom. The van der Waals surface area contributed by atoms with Gasteiger partial charge in [-0.2, -0.15) is 13.4 Å². The van der Waals surface area contributed by atoms with Crippen LogP contribution >= 0.6 is 0 Å². The van der Waals surface area contributed by atoms with Gasteiger partial charge in [0.25, 0.3) is 5.56 Å². The van der Waals surface area contributed by atoms with Gasteiger partial charge in [0.2, 0.25) is 5.88 Å². The van der Waals surface area contributed by atoms with Crippen molar-refractivity contribution in [1.29, 1.82) is 0 Å². The van der Waals surface area contributed by atoms with Gasteiger partial charge in [0, 0.05) is 20.1 Å². The molecule has 0 amide bonds. The van der Waals surface area contributed by atoms with Crippen LogP contribution in [-0.4, -0.2) is 49.3 Å². The Hall–Kier alpha value is -2.98. The number of aromatic nitrogens is 3. The number of benzene rings is 1. The van der Waals surface area contributed by atoms with E-state index in [2.05, 4.69) is 23.8 Å². The largest absolute Gasteiger partial charge is 0.378 e. The zero-order chi connectivity index (χ0) is 27.9. The summed E-state index contributed by atoms with van der Waals surface area (Å²) in [6, 6.07) is 5.67. The predicted molar refractivity (Wildman–Crippen MR) is 149 cm³/mol. The molecule has 3 aromatic rings. The lowest BCUT2D eigenvalue weighted by Crippen LogP contribution is -2.39. The van der Waals surface area contributed by atoms with Crippen LogP contribution in [-0.2, 0) is 21.9 Å². The summed E-state index contributed by atoms with van der Waals surface area (Å²) in [5.74, 6) is 0.880. The number of rotatable bonds is 7. The highest BCUT2D eigenvalue weighted by molar-refractivity contribution is 7.87. The van der Waals surface area contributed by atoms with Crippen LogP contribution in [0.2, 0.25) is 0 Å². The molecule has 1 aliphatic heterocycles. The van der Waals surface area contributed by atoms with Crippen molar-refractivity contribution in [3.05, 3.63) is 51.1 Å². The maximum atomic E-state index is 14.0. The molecule has 0 atom stereocenters. The second-order valence-electron chi connectivity index (χ2n) is 10.8. The number of nitrogens with zero attached hydrogens (tertiary/aromatic N) is 4. The van der Waals surface area contributed by atoms with E-state index in [9.17, 15) is 13.2 Å². The minimum Gasteiger partial charge on any atom is -0.378 e. The van der Waals surface area contributed by atoms with Gasteiger partial charge in [-0.05, 0) is 47.4 Å². The Labute approximate surface area is 224 Å². The van der Waals surface area contributed by atoms with Crippen LogP contribution in [0.1, 0.15) is 81.8 Å². The maximum Gasteiger partial charge on any atom is 0.341 e. The van der Waals surface area contributed by atoms with Gasteiger partial charge in [0.1, 0.15) is 22.1 Å². The molecule has 1 aliphatic rings. The molecule has 0 spiro atoms. The molecule has 3 heterocycles. The lowest BCUT2D eigenvalue weighted by atomic mass is 9.89. The van der Waals surface area contributed by atoms with E-state index in [1.165, 1.54) is 4.57 Å². The SMILES string of the molecule is Cc1nc(OS(=O)(=O)c2c(C(C)C)cc(C(C)C)cc2C(C)C)c2cc(N3CCOCC3)n(C)c(=O)c2n1. The van der Waals surface area contributed by atoms with Crippen molar-refractivity contribution in [3.63, 3.8) is 0 Å². The van der Waals surface area contributed by atoms with E-state index in [1.807, 2.05) is 44.7 Å². The zero-order valence-electron chi connectivity index (χ0n) is 23.5. The number of morpholine rings is 1. The van der Waals surface area contributed by atoms with Gasteiger partial charge >= 0.3 is 10.1 Å². The molecule has 0 aliphatic carbocycles. The Kier molecular flexibility index (Phi) is 7.86. The minimum absolute atomic E-state index is 0.0522. The molecule has 4 rings (SSSR count). The van der Waals surface area contributed by atoms with Crippen LogP contribution in [0.25, 0.3) is 10.9 Å². The first kappa shape index (κ1) is 28.0. The summed E-state index contributed by atoms with van der Waals surface area (Å²) >= 11 is 0. The van der Waals surface area contributed by atoms with Crippen LogP contribution in [0.3, 0.4) is 0 Å². The average molecular weight is 543 g/mol. The average Bonchev–Trinajstić information content (AvgIpc) is 2.85. The molecule has 1 fully saturated rings. The number of anilines is 1. The first-order valence-corrected chi connectivity index (χ1v) is 14.6. The molecule has 10 heteroatoms. The third-order valence-electron chi connectivity index (χ3n) is 7.00. The topological polar surface area (TPSA) is 104 Å². The summed E-state index contributed by atoms with van der Waals surface area (Å²) < 4.78 is 40.9. The first-order chi connectivity index (χ1) is 17.8. The highest BCUT2D eigenvalue weighted by atomic mass is 32.2. The maximum absolute atomic E-state index is 14.0. The third kappa shape index (κ3) is 5.29. The van der Waals surface area contributed by atoms with Gasteiger partial charge < -0.3 is 13.8 Å². The Bertz CT molecular complexity index is 1490. The fourth-order valence-corrected chi connectivity index (χ4v) is 6.41. The second kappa shape index (κ2) is 10.6. The van der Waals surface area contributed by atoms with Crippen molar-refractivity contribution in [2.75, 3.05) is 31.2 Å². The number of aryl methyl sites for hydroxylation is 1. The summed E-state index contributed by atoms with van der Waals surface area (Å²) in [7, 11) is -2.63. The Morgan fingerprint density at radius 1 is 0.921 bits per heavy atom. The van der Waals surface area contributed by atoms with Crippen LogP contribution in [0, 0.1) is 6.92 Å². The van der Waals surface area contributed by atoms with Gasteiger partial charge in [0.05, 0.1) is 18.6 Å². The molecule has 0 saturated carbocycles. The monoisotopic (exact) mass is 542 g/mol. The molecule has 2 aromatic heterocycles. The summed E-state index contributed by atoms with van der Waals surface area (Å²) in [6.07, 6.45) is 0. The van der Waals surface area contributed by atoms with Crippen molar-refractivity contribution in [2.45, 2.75) is 71.1 Å². The summed E-state index contributed by atoms with van der Waals surface area (Å²) in [4.78, 5) is 24.2. The second-order valence-corrected chi connectivity index (χ2v) is 12.3. The molecule has 0 bridgehead atoms. The van der Waals surface area contributed by atoms with E-state index >= 15 is 0 Å². The molecular formula is C28H38N4O5S.